The summed E-state index contributed by atoms with van der Waals surface area (Å²) in [5, 5.41) is 6.25. The van der Waals surface area contributed by atoms with Crippen LogP contribution in [-0.2, 0) is 15.9 Å². The Kier molecular flexibility index (Phi) is 9.90. The van der Waals surface area contributed by atoms with E-state index in [1.54, 1.807) is 14.2 Å². The highest BCUT2D eigenvalue weighted by atomic mass is 19.1. The lowest BCUT2D eigenvalue weighted by molar-refractivity contribution is 0.0698. The Labute approximate surface area is 136 Å². The van der Waals surface area contributed by atoms with Gasteiger partial charge in [-0.2, -0.15) is 0 Å². The summed E-state index contributed by atoms with van der Waals surface area (Å²) >= 11 is 0. The molecule has 0 aromatic heterocycles. The van der Waals surface area contributed by atoms with E-state index in [9.17, 15) is 8.78 Å². The van der Waals surface area contributed by atoms with Crippen molar-refractivity contribution in [1.82, 2.24) is 10.6 Å². The first-order chi connectivity index (χ1) is 11.2. The Balaban J connectivity index is 2.16. The van der Waals surface area contributed by atoms with Gasteiger partial charge in [0.25, 0.3) is 0 Å². The number of ether oxygens (including phenoxy) is 2. The normalized spacial score (nSPS) is 11.6. The van der Waals surface area contributed by atoms with E-state index in [0.717, 1.165) is 19.0 Å². The highest BCUT2D eigenvalue weighted by Crippen LogP contribution is 2.07. The summed E-state index contributed by atoms with van der Waals surface area (Å²) < 4.78 is 36.4. The van der Waals surface area contributed by atoms with Gasteiger partial charge in [0.2, 0.25) is 0 Å². The van der Waals surface area contributed by atoms with Crippen molar-refractivity contribution in [2.45, 2.75) is 12.8 Å². The summed E-state index contributed by atoms with van der Waals surface area (Å²) in [6, 6.07) is 3.53. The summed E-state index contributed by atoms with van der Waals surface area (Å²) in [5.74, 6) is -0.467. The molecule has 1 aromatic carbocycles. The van der Waals surface area contributed by atoms with Crippen molar-refractivity contribution in [1.29, 1.82) is 0 Å². The molecular weight excluding hydrogens is 304 g/mol. The third-order valence-corrected chi connectivity index (χ3v) is 3.04. The fraction of sp³-hybridized carbons (Fsp3) is 0.562. The number of hydrogen-bond acceptors (Lipinski definition) is 3. The molecule has 5 nitrogen and oxygen atoms in total. The summed E-state index contributed by atoms with van der Waals surface area (Å²) in [6.07, 6.45) is 1.36. The molecule has 0 spiro atoms. The second-order valence-corrected chi connectivity index (χ2v) is 4.91. The van der Waals surface area contributed by atoms with Gasteiger partial charge in [-0.05, 0) is 30.5 Å². The number of halogens is 2. The number of hydrogen-bond donors (Lipinski definition) is 2. The lowest BCUT2D eigenvalue weighted by Crippen LogP contribution is -2.39. The molecule has 0 fully saturated rings. The number of aliphatic imine (C=N–C) groups is 1. The van der Waals surface area contributed by atoms with Crippen molar-refractivity contribution < 1.29 is 18.3 Å². The maximum Gasteiger partial charge on any atom is 0.190 e. The molecule has 7 heteroatoms. The number of nitrogens with one attached hydrogen (secondary N) is 2. The van der Waals surface area contributed by atoms with E-state index in [1.807, 2.05) is 0 Å². The van der Waals surface area contributed by atoms with Crippen LogP contribution < -0.4 is 10.6 Å². The zero-order valence-electron chi connectivity index (χ0n) is 13.7. The highest BCUT2D eigenvalue weighted by molar-refractivity contribution is 5.79. The molecule has 1 rings (SSSR count). The first kappa shape index (κ1) is 19.3. The second-order valence-electron chi connectivity index (χ2n) is 4.91. The van der Waals surface area contributed by atoms with Crippen molar-refractivity contribution >= 4 is 5.96 Å². The van der Waals surface area contributed by atoms with Crippen LogP contribution >= 0.6 is 0 Å². The zero-order chi connectivity index (χ0) is 16.9. The van der Waals surface area contributed by atoms with Gasteiger partial charge in [-0.3, -0.25) is 4.99 Å². The number of benzene rings is 1. The molecular formula is C16H25F2N3O2. The number of methoxy groups -OCH3 is 1. The third-order valence-electron chi connectivity index (χ3n) is 3.04. The lowest BCUT2D eigenvalue weighted by Gasteiger charge is -2.12. The van der Waals surface area contributed by atoms with E-state index in [0.29, 0.717) is 44.3 Å². The van der Waals surface area contributed by atoms with Crippen molar-refractivity contribution in [2.24, 2.45) is 4.99 Å². The topological polar surface area (TPSA) is 54.9 Å². The molecule has 0 aliphatic rings. The van der Waals surface area contributed by atoms with Crippen LogP contribution in [0, 0.1) is 11.6 Å². The Bertz CT molecular complexity index is 464. The zero-order valence-corrected chi connectivity index (χ0v) is 13.7. The molecule has 0 saturated heterocycles. The van der Waals surface area contributed by atoms with Crippen LogP contribution in [0.4, 0.5) is 8.78 Å². The monoisotopic (exact) mass is 329 g/mol. The molecule has 0 unspecified atom stereocenters. The van der Waals surface area contributed by atoms with Gasteiger partial charge in [0.1, 0.15) is 11.6 Å². The molecule has 0 radical (unpaired) electrons. The van der Waals surface area contributed by atoms with Crippen molar-refractivity contribution in [3.8, 4) is 0 Å². The van der Waals surface area contributed by atoms with Gasteiger partial charge in [-0.25, -0.2) is 8.78 Å². The van der Waals surface area contributed by atoms with Gasteiger partial charge in [0.15, 0.2) is 5.96 Å². The Morgan fingerprint density at radius 3 is 2.39 bits per heavy atom. The highest BCUT2D eigenvalue weighted by Gasteiger charge is 2.02. The average Bonchev–Trinajstić information content (AvgIpc) is 2.51. The summed E-state index contributed by atoms with van der Waals surface area (Å²) in [7, 11) is 3.31. The van der Waals surface area contributed by atoms with E-state index in [1.165, 1.54) is 12.1 Å². The predicted molar refractivity (Wildman–Crippen MR) is 86.7 cm³/mol. The van der Waals surface area contributed by atoms with Gasteiger partial charge < -0.3 is 20.1 Å². The predicted octanol–water partition coefficient (Wildman–Crippen LogP) is 1.73. The standard InChI is InChI=1S/C16H25F2N3O2/c1-19-16(20-5-3-7-23-9-8-22-2)21-6-4-13-10-14(17)12-15(18)11-13/h10-12H,3-9H2,1-2H3,(H2,19,20,21). The third kappa shape index (κ3) is 9.10. The van der Waals surface area contributed by atoms with Crippen LogP contribution in [-0.4, -0.2) is 53.0 Å². The van der Waals surface area contributed by atoms with Crippen LogP contribution in [0.15, 0.2) is 23.2 Å². The van der Waals surface area contributed by atoms with Crippen LogP contribution in [0.3, 0.4) is 0 Å². The molecule has 2 N–H and O–H groups in total. The van der Waals surface area contributed by atoms with Crippen LogP contribution in [0.25, 0.3) is 0 Å². The number of guanidine groups is 1. The average molecular weight is 329 g/mol. The molecule has 0 bridgehead atoms. The minimum atomic E-state index is -0.559. The molecule has 1 aromatic rings. The maximum atomic E-state index is 13.1. The molecule has 0 amide bonds. The second kappa shape index (κ2) is 11.8. The van der Waals surface area contributed by atoms with Crippen molar-refractivity contribution in [3.63, 3.8) is 0 Å². The Morgan fingerprint density at radius 1 is 1.04 bits per heavy atom. The maximum absolute atomic E-state index is 13.1. The molecule has 0 aliphatic heterocycles. The van der Waals surface area contributed by atoms with Gasteiger partial charge in [-0.15, -0.1) is 0 Å². The summed E-state index contributed by atoms with van der Waals surface area (Å²) in [5.41, 5.74) is 0.608. The van der Waals surface area contributed by atoms with E-state index in [4.69, 9.17) is 9.47 Å². The lowest BCUT2D eigenvalue weighted by atomic mass is 10.1. The minimum absolute atomic E-state index is 0.509. The minimum Gasteiger partial charge on any atom is -0.382 e. The quantitative estimate of drug-likeness (QED) is 0.390. The van der Waals surface area contributed by atoms with E-state index >= 15 is 0 Å². The fourth-order valence-corrected chi connectivity index (χ4v) is 1.93. The molecule has 0 saturated carbocycles. The van der Waals surface area contributed by atoms with E-state index < -0.39 is 11.6 Å². The van der Waals surface area contributed by atoms with Crippen LogP contribution in [0.1, 0.15) is 12.0 Å². The molecule has 0 atom stereocenters. The van der Waals surface area contributed by atoms with Gasteiger partial charge >= 0.3 is 0 Å². The first-order valence-electron chi connectivity index (χ1n) is 7.62. The Hall–Kier alpha value is -1.73. The van der Waals surface area contributed by atoms with Gasteiger partial charge in [-0.1, -0.05) is 0 Å². The van der Waals surface area contributed by atoms with Crippen LogP contribution in [0.5, 0.6) is 0 Å². The first-order valence-corrected chi connectivity index (χ1v) is 7.62. The van der Waals surface area contributed by atoms with E-state index in [-0.39, 0.29) is 0 Å². The molecule has 130 valence electrons. The Morgan fingerprint density at radius 2 is 1.74 bits per heavy atom. The van der Waals surface area contributed by atoms with E-state index in [2.05, 4.69) is 15.6 Å². The van der Waals surface area contributed by atoms with Crippen molar-refractivity contribution in [2.75, 3.05) is 47.1 Å². The van der Waals surface area contributed by atoms with Crippen molar-refractivity contribution in [3.05, 3.63) is 35.4 Å². The largest absolute Gasteiger partial charge is 0.382 e. The molecule has 0 heterocycles. The smallest absolute Gasteiger partial charge is 0.190 e. The fourth-order valence-electron chi connectivity index (χ4n) is 1.93. The van der Waals surface area contributed by atoms with Gasteiger partial charge in [0, 0.05) is 39.9 Å². The summed E-state index contributed by atoms with van der Waals surface area (Å²) in [6.45, 7) is 3.09. The van der Waals surface area contributed by atoms with Crippen LogP contribution in [0.2, 0.25) is 0 Å². The molecule has 0 aliphatic carbocycles. The SMILES string of the molecule is CN=C(NCCCOCCOC)NCCc1cc(F)cc(F)c1. The number of nitrogens with zero attached hydrogens (tertiary/aromatic N) is 1. The van der Waals surface area contributed by atoms with Gasteiger partial charge in [0.05, 0.1) is 13.2 Å². The number of rotatable bonds is 10. The molecule has 23 heavy (non-hydrogen) atoms. The summed E-state index contributed by atoms with van der Waals surface area (Å²) in [4.78, 5) is 4.09.